The SMILES string of the molecule is COc1cnc2cccc(C(O)CN3CCC(NC(=O)OC(C)(C)C)CC3)c2c1. The Morgan fingerprint density at radius 2 is 2.07 bits per heavy atom. The maximum atomic E-state index is 11.9. The van der Waals surface area contributed by atoms with Gasteiger partial charge in [-0.1, -0.05) is 12.1 Å². The number of hydrogen-bond acceptors (Lipinski definition) is 6. The van der Waals surface area contributed by atoms with Gasteiger partial charge in [-0.2, -0.15) is 0 Å². The summed E-state index contributed by atoms with van der Waals surface area (Å²) in [5.41, 5.74) is 1.19. The molecule has 1 aromatic heterocycles. The second-order valence-corrected chi connectivity index (χ2v) is 8.53. The van der Waals surface area contributed by atoms with Crippen LogP contribution in [0, 0.1) is 0 Å². The predicted molar refractivity (Wildman–Crippen MR) is 112 cm³/mol. The molecule has 3 rings (SSSR count). The van der Waals surface area contributed by atoms with Gasteiger partial charge < -0.3 is 24.8 Å². The zero-order valence-electron chi connectivity index (χ0n) is 17.6. The molecular formula is C22H31N3O4. The highest BCUT2D eigenvalue weighted by Crippen LogP contribution is 2.27. The van der Waals surface area contributed by atoms with Gasteiger partial charge in [0.15, 0.2) is 0 Å². The van der Waals surface area contributed by atoms with Gasteiger partial charge in [0.2, 0.25) is 0 Å². The van der Waals surface area contributed by atoms with Crippen LogP contribution in [0.1, 0.15) is 45.3 Å². The molecule has 2 heterocycles. The number of rotatable bonds is 5. The molecule has 0 saturated carbocycles. The fourth-order valence-electron chi connectivity index (χ4n) is 3.63. The number of benzene rings is 1. The van der Waals surface area contributed by atoms with Crippen LogP contribution in [0.4, 0.5) is 4.79 Å². The number of piperidine rings is 1. The normalized spacial score (nSPS) is 17.1. The molecule has 0 bridgehead atoms. The van der Waals surface area contributed by atoms with Crippen molar-refractivity contribution >= 4 is 17.0 Å². The second-order valence-electron chi connectivity index (χ2n) is 8.53. The third-order valence-corrected chi connectivity index (χ3v) is 5.07. The maximum absolute atomic E-state index is 11.9. The Balaban J connectivity index is 1.57. The first kappa shape index (κ1) is 21.3. The number of alkyl carbamates (subject to hydrolysis) is 1. The highest BCUT2D eigenvalue weighted by molar-refractivity contribution is 5.83. The van der Waals surface area contributed by atoms with Crippen LogP contribution in [-0.4, -0.2) is 59.5 Å². The number of aromatic nitrogens is 1. The summed E-state index contributed by atoms with van der Waals surface area (Å²) in [4.78, 5) is 18.6. The smallest absolute Gasteiger partial charge is 0.407 e. The summed E-state index contributed by atoms with van der Waals surface area (Å²) >= 11 is 0. The standard InChI is InChI=1S/C22H31N3O4/c1-22(2,3)29-21(27)24-15-8-10-25(11-9-15)14-20(26)17-6-5-7-19-18(17)12-16(28-4)13-23-19/h5-7,12-13,15,20,26H,8-11,14H2,1-4H3,(H,24,27). The lowest BCUT2D eigenvalue weighted by Crippen LogP contribution is -2.46. The number of nitrogens with zero attached hydrogens (tertiary/aromatic N) is 2. The molecule has 1 aliphatic heterocycles. The molecule has 0 spiro atoms. The van der Waals surface area contributed by atoms with E-state index >= 15 is 0 Å². The van der Waals surface area contributed by atoms with Crippen molar-refractivity contribution < 1.29 is 19.4 Å². The minimum absolute atomic E-state index is 0.101. The molecule has 1 aliphatic rings. The van der Waals surface area contributed by atoms with E-state index in [2.05, 4.69) is 15.2 Å². The molecule has 1 aromatic carbocycles. The van der Waals surface area contributed by atoms with E-state index in [1.807, 2.05) is 45.0 Å². The third kappa shape index (κ3) is 5.81. The highest BCUT2D eigenvalue weighted by atomic mass is 16.6. The fourth-order valence-corrected chi connectivity index (χ4v) is 3.63. The summed E-state index contributed by atoms with van der Waals surface area (Å²) in [5.74, 6) is 0.672. The molecule has 1 fully saturated rings. The van der Waals surface area contributed by atoms with Crippen LogP contribution in [0.3, 0.4) is 0 Å². The van der Waals surface area contributed by atoms with Gasteiger partial charge in [-0.15, -0.1) is 0 Å². The average Bonchev–Trinajstić information content (AvgIpc) is 2.67. The quantitative estimate of drug-likeness (QED) is 0.800. The summed E-state index contributed by atoms with van der Waals surface area (Å²) in [7, 11) is 1.61. The number of aliphatic hydroxyl groups excluding tert-OH is 1. The molecule has 1 saturated heterocycles. The number of methoxy groups -OCH3 is 1. The number of likely N-dealkylation sites (tertiary alicyclic amines) is 1. The summed E-state index contributed by atoms with van der Waals surface area (Å²) in [6, 6.07) is 7.79. The van der Waals surface area contributed by atoms with Crippen molar-refractivity contribution in [1.82, 2.24) is 15.2 Å². The van der Waals surface area contributed by atoms with Crippen molar-refractivity contribution in [1.29, 1.82) is 0 Å². The van der Waals surface area contributed by atoms with E-state index in [0.717, 1.165) is 42.4 Å². The Kier molecular flexibility index (Phi) is 6.59. The van der Waals surface area contributed by atoms with Crippen molar-refractivity contribution in [3.63, 3.8) is 0 Å². The Labute approximate surface area is 172 Å². The minimum Gasteiger partial charge on any atom is -0.495 e. The first-order valence-electron chi connectivity index (χ1n) is 10.1. The van der Waals surface area contributed by atoms with Crippen LogP contribution in [0.25, 0.3) is 10.9 Å². The monoisotopic (exact) mass is 401 g/mol. The molecule has 158 valence electrons. The number of amides is 1. The molecular weight excluding hydrogens is 370 g/mol. The zero-order chi connectivity index (χ0) is 21.0. The Bertz CT molecular complexity index is 842. The Morgan fingerprint density at radius 3 is 2.72 bits per heavy atom. The molecule has 0 radical (unpaired) electrons. The lowest BCUT2D eigenvalue weighted by molar-refractivity contribution is 0.0459. The summed E-state index contributed by atoms with van der Waals surface area (Å²) in [6.45, 7) is 7.72. The number of ether oxygens (including phenoxy) is 2. The summed E-state index contributed by atoms with van der Waals surface area (Å²) in [6.07, 6.45) is 2.35. The van der Waals surface area contributed by atoms with Crippen molar-refractivity contribution in [2.24, 2.45) is 0 Å². The molecule has 7 heteroatoms. The van der Waals surface area contributed by atoms with Gasteiger partial charge in [0, 0.05) is 31.1 Å². The van der Waals surface area contributed by atoms with E-state index < -0.39 is 11.7 Å². The van der Waals surface area contributed by atoms with Gasteiger partial charge in [0.05, 0.1) is 24.9 Å². The van der Waals surface area contributed by atoms with Gasteiger partial charge in [-0.25, -0.2) is 4.79 Å². The predicted octanol–water partition coefficient (Wildman–Crippen LogP) is 3.27. The molecule has 1 atom stereocenters. The number of carbonyl (C=O) groups is 1. The number of pyridine rings is 1. The molecule has 2 N–H and O–H groups in total. The topological polar surface area (TPSA) is 83.9 Å². The number of aliphatic hydroxyl groups is 1. The maximum Gasteiger partial charge on any atom is 0.407 e. The lowest BCUT2D eigenvalue weighted by Gasteiger charge is -2.34. The van der Waals surface area contributed by atoms with Crippen LogP contribution < -0.4 is 10.1 Å². The minimum atomic E-state index is -0.622. The van der Waals surface area contributed by atoms with Gasteiger partial charge in [0.1, 0.15) is 11.4 Å². The average molecular weight is 402 g/mol. The van der Waals surface area contributed by atoms with Crippen LogP contribution in [0.2, 0.25) is 0 Å². The van der Waals surface area contributed by atoms with E-state index in [1.165, 1.54) is 0 Å². The fraction of sp³-hybridized carbons (Fsp3) is 0.545. The zero-order valence-corrected chi connectivity index (χ0v) is 17.6. The van der Waals surface area contributed by atoms with Crippen molar-refractivity contribution in [2.45, 2.75) is 51.4 Å². The molecule has 2 aromatic rings. The van der Waals surface area contributed by atoms with Crippen molar-refractivity contribution in [2.75, 3.05) is 26.7 Å². The largest absolute Gasteiger partial charge is 0.495 e. The molecule has 7 nitrogen and oxygen atoms in total. The first-order chi connectivity index (χ1) is 13.7. The van der Waals surface area contributed by atoms with E-state index in [9.17, 15) is 9.90 Å². The lowest BCUT2D eigenvalue weighted by atomic mass is 10.0. The van der Waals surface area contributed by atoms with E-state index in [1.54, 1.807) is 13.3 Å². The number of carbonyl (C=O) groups excluding carboxylic acids is 1. The highest BCUT2D eigenvalue weighted by Gasteiger charge is 2.25. The van der Waals surface area contributed by atoms with Crippen LogP contribution in [0.15, 0.2) is 30.5 Å². The van der Waals surface area contributed by atoms with Crippen molar-refractivity contribution in [3.05, 3.63) is 36.0 Å². The van der Waals surface area contributed by atoms with Gasteiger partial charge in [-0.3, -0.25) is 4.98 Å². The summed E-state index contributed by atoms with van der Waals surface area (Å²) < 4.78 is 10.6. The van der Waals surface area contributed by atoms with Crippen molar-refractivity contribution in [3.8, 4) is 5.75 Å². The van der Waals surface area contributed by atoms with Gasteiger partial charge >= 0.3 is 6.09 Å². The molecule has 0 aliphatic carbocycles. The number of β-amino-alcohol motifs (C(OH)–C–C–N with tert-alkyl or cyclic N) is 1. The van der Waals surface area contributed by atoms with Gasteiger partial charge in [-0.05, 0) is 51.3 Å². The van der Waals surface area contributed by atoms with E-state index in [4.69, 9.17) is 9.47 Å². The van der Waals surface area contributed by atoms with E-state index in [-0.39, 0.29) is 12.1 Å². The molecule has 29 heavy (non-hydrogen) atoms. The van der Waals surface area contributed by atoms with E-state index in [0.29, 0.717) is 12.3 Å². The number of nitrogens with one attached hydrogen (secondary N) is 1. The first-order valence-corrected chi connectivity index (χ1v) is 10.1. The van der Waals surface area contributed by atoms with Crippen LogP contribution in [-0.2, 0) is 4.74 Å². The molecule has 1 amide bonds. The molecule has 1 unspecified atom stereocenters. The van der Waals surface area contributed by atoms with Crippen LogP contribution >= 0.6 is 0 Å². The third-order valence-electron chi connectivity index (χ3n) is 5.07. The van der Waals surface area contributed by atoms with Crippen LogP contribution in [0.5, 0.6) is 5.75 Å². The number of fused-ring (bicyclic) bond motifs is 1. The Hall–Kier alpha value is -2.38. The Morgan fingerprint density at radius 1 is 1.34 bits per heavy atom. The van der Waals surface area contributed by atoms with Gasteiger partial charge in [0.25, 0.3) is 0 Å². The number of hydrogen-bond donors (Lipinski definition) is 2. The second kappa shape index (κ2) is 8.97. The summed E-state index contributed by atoms with van der Waals surface area (Å²) in [5, 5.41) is 14.7.